The van der Waals surface area contributed by atoms with E-state index >= 15 is 0 Å². The number of likely N-dealkylation sites (N-methyl/N-ethyl adjacent to an activating group) is 1. The lowest BCUT2D eigenvalue weighted by Crippen LogP contribution is -2.41. The molecule has 0 aliphatic heterocycles. The van der Waals surface area contributed by atoms with Gasteiger partial charge in [-0.3, -0.25) is 14.2 Å². The molecule has 0 aliphatic rings. The van der Waals surface area contributed by atoms with Gasteiger partial charge in [0.25, 0.3) is 11.5 Å². The Labute approximate surface area is 194 Å². The Morgan fingerprint density at radius 3 is 2.45 bits per heavy atom. The third kappa shape index (κ3) is 5.01. The molecular weight excluding hydrogens is 420 g/mol. The van der Waals surface area contributed by atoms with Gasteiger partial charge in [-0.2, -0.15) is 0 Å². The maximum absolute atomic E-state index is 13.8. The van der Waals surface area contributed by atoms with Crippen LogP contribution in [0.1, 0.15) is 35.6 Å². The summed E-state index contributed by atoms with van der Waals surface area (Å²) >= 11 is 0. The Bertz CT molecular complexity index is 1190. The van der Waals surface area contributed by atoms with Crippen LogP contribution < -0.4 is 15.0 Å². The fourth-order valence-electron chi connectivity index (χ4n) is 3.91. The molecule has 1 atom stereocenters. The molecule has 0 spiro atoms. The molecule has 0 bridgehead atoms. The highest BCUT2D eigenvalue weighted by Gasteiger charge is 2.30. The molecule has 3 aromatic rings. The van der Waals surface area contributed by atoms with Crippen LogP contribution in [0.25, 0.3) is 10.9 Å². The molecule has 176 valence electrons. The van der Waals surface area contributed by atoms with Gasteiger partial charge in [0.2, 0.25) is 0 Å². The zero-order chi connectivity index (χ0) is 24.1. The number of fused-ring (bicyclic) bond motifs is 1. The lowest BCUT2D eigenvalue weighted by atomic mass is 10.1. The second-order valence-corrected chi connectivity index (χ2v) is 8.14. The summed E-state index contributed by atoms with van der Waals surface area (Å²) in [5.41, 5.74) is 0.925. The van der Waals surface area contributed by atoms with Crippen molar-refractivity contribution < 1.29 is 14.3 Å². The van der Waals surface area contributed by atoms with E-state index in [0.29, 0.717) is 53.3 Å². The molecule has 1 aromatic heterocycles. The monoisotopic (exact) mass is 452 g/mol. The lowest BCUT2D eigenvalue weighted by molar-refractivity contribution is 0.0639. The van der Waals surface area contributed by atoms with E-state index in [2.05, 4.69) is 0 Å². The van der Waals surface area contributed by atoms with Crippen LogP contribution in [0.5, 0.6) is 11.5 Å². The van der Waals surface area contributed by atoms with Gasteiger partial charge in [0, 0.05) is 26.2 Å². The molecule has 3 rings (SSSR count). The van der Waals surface area contributed by atoms with Crippen molar-refractivity contribution in [1.82, 2.24) is 19.4 Å². The number of carbonyl (C=O) groups excluding carboxylic acids is 1. The van der Waals surface area contributed by atoms with Crippen LogP contribution in [0.15, 0.2) is 47.3 Å². The first-order valence-electron chi connectivity index (χ1n) is 11.0. The average molecular weight is 453 g/mol. The summed E-state index contributed by atoms with van der Waals surface area (Å²) < 4.78 is 12.3. The van der Waals surface area contributed by atoms with Crippen molar-refractivity contribution in [3.63, 3.8) is 0 Å². The Morgan fingerprint density at radius 2 is 1.82 bits per heavy atom. The number of methoxy groups -OCH3 is 2. The zero-order valence-electron chi connectivity index (χ0n) is 20.2. The van der Waals surface area contributed by atoms with E-state index in [1.807, 2.05) is 44.1 Å². The van der Waals surface area contributed by atoms with E-state index in [4.69, 9.17) is 14.5 Å². The number of amides is 1. The third-order valence-electron chi connectivity index (χ3n) is 5.77. The Balaban J connectivity index is 2.13. The second-order valence-electron chi connectivity index (χ2n) is 8.14. The summed E-state index contributed by atoms with van der Waals surface area (Å²) in [7, 11) is 8.73. The fraction of sp³-hybridized carbons (Fsp3) is 0.400. The predicted octanol–water partition coefficient (Wildman–Crippen LogP) is 3.11. The number of hydrogen-bond acceptors (Lipinski definition) is 6. The van der Waals surface area contributed by atoms with E-state index in [0.717, 1.165) is 0 Å². The topological polar surface area (TPSA) is 76.9 Å². The third-order valence-corrected chi connectivity index (χ3v) is 5.77. The zero-order valence-corrected chi connectivity index (χ0v) is 20.2. The minimum absolute atomic E-state index is 0.129. The standard InChI is InChI=1S/C25H32N4O4/c1-7-21(23-26-20-11-9-8-10-18(20)24(30)28(23)4)29(15-14-27(2)3)25(31)19-13-12-17(32-5)16-22(19)33-6/h8-13,16,21H,7,14-15H2,1-6H3. The number of aromatic nitrogens is 2. The van der Waals surface area contributed by atoms with Crippen molar-refractivity contribution >= 4 is 16.8 Å². The van der Waals surface area contributed by atoms with Crippen molar-refractivity contribution in [3.05, 3.63) is 64.2 Å². The lowest BCUT2D eigenvalue weighted by Gasteiger charge is -2.33. The van der Waals surface area contributed by atoms with Crippen LogP contribution in [0.4, 0.5) is 0 Å². The summed E-state index contributed by atoms with van der Waals surface area (Å²) in [6, 6.07) is 12.0. The first-order chi connectivity index (χ1) is 15.8. The highest BCUT2D eigenvalue weighted by molar-refractivity contribution is 5.97. The molecule has 0 fully saturated rings. The summed E-state index contributed by atoms with van der Waals surface area (Å²) in [5.74, 6) is 1.41. The summed E-state index contributed by atoms with van der Waals surface area (Å²) in [6.45, 7) is 3.11. The maximum atomic E-state index is 13.8. The average Bonchev–Trinajstić information content (AvgIpc) is 2.83. The van der Waals surface area contributed by atoms with E-state index in [1.54, 1.807) is 47.9 Å². The largest absolute Gasteiger partial charge is 0.497 e. The molecule has 8 nitrogen and oxygen atoms in total. The van der Waals surface area contributed by atoms with Crippen LogP contribution in [0, 0.1) is 0 Å². The Kier molecular flexibility index (Phi) is 7.71. The number of benzene rings is 2. The number of nitrogens with zero attached hydrogens (tertiary/aromatic N) is 4. The van der Waals surface area contributed by atoms with Crippen molar-refractivity contribution in [2.75, 3.05) is 41.4 Å². The smallest absolute Gasteiger partial charge is 0.261 e. The van der Waals surface area contributed by atoms with Gasteiger partial charge in [-0.1, -0.05) is 19.1 Å². The van der Waals surface area contributed by atoms with Crippen LogP contribution in [0.2, 0.25) is 0 Å². The molecule has 0 saturated heterocycles. The molecule has 2 aromatic carbocycles. The highest BCUT2D eigenvalue weighted by atomic mass is 16.5. The van der Waals surface area contributed by atoms with Gasteiger partial charge < -0.3 is 19.3 Å². The minimum Gasteiger partial charge on any atom is -0.497 e. The maximum Gasteiger partial charge on any atom is 0.261 e. The molecule has 8 heteroatoms. The molecular formula is C25H32N4O4. The van der Waals surface area contributed by atoms with Gasteiger partial charge in [0.05, 0.1) is 36.7 Å². The number of ether oxygens (including phenoxy) is 2. The first kappa shape index (κ1) is 24.3. The normalized spacial score (nSPS) is 12.1. The van der Waals surface area contributed by atoms with Gasteiger partial charge in [0.1, 0.15) is 17.3 Å². The van der Waals surface area contributed by atoms with Crippen molar-refractivity contribution in [3.8, 4) is 11.5 Å². The van der Waals surface area contributed by atoms with Crippen molar-refractivity contribution in [1.29, 1.82) is 0 Å². The molecule has 1 heterocycles. The predicted molar refractivity (Wildman–Crippen MR) is 129 cm³/mol. The second kappa shape index (κ2) is 10.5. The van der Waals surface area contributed by atoms with E-state index < -0.39 is 6.04 Å². The number of para-hydroxylation sites is 1. The van der Waals surface area contributed by atoms with Crippen LogP contribution in [-0.4, -0.2) is 66.7 Å². The summed E-state index contributed by atoms with van der Waals surface area (Å²) in [6.07, 6.45) is 0.594. The Hall–Kier alpha value is -3.39. The molecule has 0 radical (unpaired) electrons. The molecule has 1 unspecified atom stereocenters. The number of hydrogen-bond donors (Lipinski definition) is 0. The minimum atomic E-state index is -0.397. The molecule has 0 aliphatic carbocycles. The molecule has 0 N–H and O–H groups in total. The molecule has 0 saturated carbocycles. The summed E-state index contributed by atoms with van der Waals surface area (Å²) in [5, 5.41) is 0.557. The molecule has 1 amide bonds. The fourth-order valence-corrected chi connectivity index (χ4v) is 3.91. The van der Waals surface area contributed by atoms with Gasteiger partial charge in [0.15, 0.2) is 0 Å². The van der Waals surface area contributed by atoms with Crippen molar-refractivity contribution in [2.24, 2.45) is 7.05 Å². The Morgan fingerprint density at radius 1 is 1.09 bits per heavy atom. The quantitative estimate of drug-likeness (QED) is 0.497. The number of carbonyl (C=O) groups is 1. The molecule has 33 heavy (non-hydrogen) atoms. The van der Waals surface area contributed by atoms with Gasteiger partial charge in [-0.15, -0.1) is 0 Å². The van der Waals surface area contributed by atoms with Crippen LogP contribution in [-0.2, 0) is 7.05 Å². The van der Waals surface area contributed by atoms with Crippen LogP contribution in [0.3, 0.4) is 0 Å². The van der Waals surface area contributed by atoms with Gasteiger partial charge in [-0.05, 0) is 44.8 Å². The van der Waals surface area contributed by atoms with E-state index in [-0.39, 0.29) is 11.5 Å². The van der Waals surface area contributed by atoms with Crippen LogP contribution >= 0.6 is 0 Å². The van der Waals surface area contributed by atoms with E-state index in [9.17, 15) is 9.59 Å². The van der Waals surface area contributed by atoms with Gasteiger partial charge in [-0.25, -0.2) is 4.98 Å². The van der Waals surface area contributed by atoms with Crippen molar-refractivity contribution in [2.45, 2.75) is 19.4 Å². The summed E-state index contributed by atoms with van der Waals surface area (Å²) in [4.78, 5) is 35.5. The number of rotatable bonds is 9. The van der Waals surface area contributed by atoms with Gasteiger partial charge >= 0.3 is 0 Å². The van der Waals surface area contributed by atoms with E-state index in [1.165, 1.54) is 7.11 Å². The first-order valence-corrected chi connectivity index (χ1v) is 11.0. The SMILES string of the molecule is CCC(c1nc2ccccc2c(=O)n1C)N(CCN(C)C)C(=O)c1ccc(OC)cc1OC. The highest BCUT2D eigenvalue weighted by Crippen LogP contribution is 2.30.